The van der Waals surface area contributed by atoms with Crippen LogP contribution in [-0.4, -0.2) is 10.7 Å². The molecule has 0 radical (unpaired) electrons. The van der Waals surface area contributed by atoms with Crippen molar-refractivity contribution in [2.45, 2.75) is 31.6 Å². The van der Waals surface area contributed by atoms with E-state index in [2.05, 4.69) is 23.0 Å². The van der Waals surface area contributed by atoms with Crippen molar-refractivity contribution in [3.05, 3.63) is 16.1 Å². The van der Waals surface area contributed by atoms with Gasteiger partial charge < -0.3 is 0 Å². The van der Waals surface area contributed by atoms with Crippen LogP contribution in [0.25, 0.3) is 0 Å². The smallest absolute Gasteiger partial charge is 0.0936 e. The molecule has 1 aromatic heterocycles. The quantitative estimate of drug-likeness (QED) is 0.739. The van der Waals surface area contributed by atoms with Gasteiger partial charge in [-0.15, -0.1) is 11.3 Å². The van der Waals surface area contributed by atoms with Gasteiger partial charge in [-0.25, -0.2) is 4.98 Å². The Morgan fingerprint density at radius 3 is 3.00 bits per heavy atom. The number of aryl methyl sites for hydroxylation is 1. The Morgan fingerprint density at radius 1 is 1.58 bits per heavy atom. The van der Waals surface area contributed by atoms with Crippen LogP contribution in [0.1, 0.15) is 35.9 Å². The number of rotatable bonds is 3. The number of hydrogen-bond acceptors (Lipinski definition) is 3. The van der Waals surface area contributed by atoms with E-state index in [0.717, 1.165) is 18.1 Å². The first-order valence-corrected chi connectivity index (χ1v) is 5.96. The fourth-order valence-corrected chi connectivity index (χ4v) is 2.67. The Kier molecular flexibility index (Phi) is 2.71. The van der Waals surface area contributed by atoms with Crippen molar-refractivity contribution in [2.24, 2.45) is 0 Å². The molecule has 1 aromatic rings. The third-order valence-electron chi connectivity index (χ3n) is 2.42. The fourth-order valence-electron chi connectivity index (χ4n) is 1.43. The van der Waals surface area contributed by atoms with Crippen LogP contribution in [-0.2, 0) is 6.42 Å². The predicted molar refractivity (Wildman–Crippen MR) is 56.3 cm³/mol. The monoisotopic (exact) mass is 199 g/mol. The first-order valence-electron chi connectivity index (χ1n) is 4.45. The Balaban J connectivity index is 2.02. The number of nitrogens with zero attached hydrogens (tertiary/aromatic N) is 1. The zero-order chi connectivity index (χ0) is 8.39. The molecule has 1 aliphatic rings. The van der Waals surface area contributed by atoms with Crippen molar-refractivity contribution in [1.29, 1.82) is 0 Å². The lowest BCUT2D eigenvalue weighted by molar-refractivity contribution is 0.412. The summed E-state index contributed by atoms with van der Waals surface area (Å²) < 4.78 is 0. The molecule has 1 aliphatic carbocycles. The highest BCUT2D eigenvalue weighted by molar-refractivity contribution is 7.80. The molecule has 0 spiro atoms. The Morgan fingerprint density at radius 2 is 2.42 bits per heavy atom. The largest absolute Gasteiger partial charge is 0.246 e. The maximum Gasteiger partial charge on any atom is 0.0936 e. The minimum atomic E-state index is 0.787. The lowest BCUT2D eigenvalue weighted by Crippen LogP contribution is -2.08. The summed E-state index contributed by atoms with van der Waals surface area (Å²) in [5.74, 6) is 1.70. The van der Waals surface area contributed by atoms with Gasteiger partial charge in [0, 0.05) is 17.7 Å². The van der Waals surface area contributed by atoms with E-state index in [1.54, 1.807) is 11.3 Å². The van der Waals surface area contributed by atoms with Crippen LogP contribution in [0.2, 0.25) is 0 Å². The molecule has 0 bridgehead atoms. The number of aromatic nitrogens is 1. The highest BCUT2D eigenvalue weighted by Gasteiger charge is 2.21. The van der Waals surface area contributed by atoms with E-state index in [9.17, 15) is 0 Å². The molecule has 0 saturated heterocycles. The highest BCUT2D eigenvalue weighted by atomic mass is 32.1. The van der Waals surface area contributed by atoms with Gasteiger partial charge in [0.2, 0.25) is 0 Å². The predicted octanol–water partition coefficient (Wildman–Crippen LogP) is 2.88. The lowest BCUT2D eigenvalue weighted by Gasteiger charge is -2.22. The molecule has 3 heteroatoms. The molecule has 1 fully saturated rings. The molecule has 1 nitrogen and oxygen atoms in total. The SMILES string of the molecule is SCCc1nc(C2CCC2)cs1. The van der Waals surface area contributed by atoms with Crippen LogP contribution in [0, 0.1) is 0 Å². The molecule has 2 rings (SSSR count). The van der Waals surface area contributed by atoms with E-state index in [0.29, 0.717) is 0 Å². The molecule has 1 heterocycles. The molecule has 12 heavy (non-hydrogen) atoms. The minimum Gasteiger partial charge on any atom is -0.246 e. The molecule has 0 aromatic carbocycles. The lowest BCUT2D eigenvalue weighted by atomic mass is 9.83. The van der Waals surface area contributed by atoms with Crippen LogP contribution in [0.3, 0.4) is 0 Å². The van der Waals surface area contributed by atoms with E-state index >= 15 is 0 Å². The summed E-state index contributed by atoms with van der Waals surface area (Å²) in [6, 6.07) is 0. The Hall–Kier alpha value is -0.0200. The summed E-state index contributed by atoms with van der Waals surface area (Å²) >= 11 is 5.99. The van der Waals surface area contributed by atoms with Gasteiger partial charge in [-0.05, 0) is 18.6 Å². The van der Waals surface area contributed by atoms with Gasteiger partial charge >= 0.3 is 0 Å². The Labute approximate surface area is 82.6 Å². The van der Waals surface area contributed by atoms with Gasteiger partial charge in [0.1, 0.15) is 0 Å². The second kappa shape index (κ2) is 3.79. The van der Waals surface area contributed by atoms with Crippen molar-refractivity contribution in [3.63, 3.8) is 0 Å². The van der Waals surface area contributed by atoms with Crippen LogP contribution >= 0.6 is 24.0 Å². The van der Waals surface area contributed by atoms with Crippen molar-refractivity contribution in [3.8, 4) is 0 Å². The molecule has 0 aliphatic heterocycles. The summed E-state index contributed by atoms with van der Waals surface area (Å²) in [6.07, 6.45) is 5.12. The minimum absolute atomic E-state index is 0.787. The van der Waals surface area contributed by atoms with Crippen molar-refractivity contribution in [1.82, 2.24) is 4.98 Å². The molecular formula is C9H13NS2. The molecular weight excluding hydrogens is 186 g/mol. The summed E-state index contributed by atoms with van der Waals surface area (Å²) in [6.45, 7) is 0. The van der Waals surface area contributed by atoms with Gasteiger partial charge in [-0.3, -0.25) is 0 Å². The summed E-state index contributed by atoms with van der Waals surface area (Å²) in [4.78, 5) is 4.59. The Bertz CT molecular complexity index is 253. The van der Waals surface area contributed by atoms with E-state index in [1.165, 1.54) is 30.0 Å². The zero-order valence-electron chi connectivity index (χ0n) is 6.99. The molecule has 0 atom stereocenters. The van der Waals surface area contributed by atoms with Gasteiger partial charge in [0.25, 0.3) is 0 Å². The summed E-state index contributed by atoms with van der Waals surface area (Å²) in [5.41, 5.74) is 1.34. The van der Waals surface area contributed by atoms with Crippen LogP contribution in [0.15, 0.2) is 5.38 Å². The van der Waals surface area contributed by atoms with Gasteiger partial charge in [0.05, 0.1) is 10.7 Å². The molecule has 0 unspecified atom stereocenters. The maximum atomic E-state index is 4.59. The topological polar surface area (TPSA) is 12.9 Å². The first kappa shape index (κ1) is 8.57. The van der Waals surface area contributed by atoms with Crippen molar-refractivity contribution in [2.75, 3.05) is 5.75 Å². The molecule has 66 valence electrons. The number of thiazole rings is 1. The molecule has 0 N–H and O–H groups in total. The van der Waals surface area contributed by atoms with Crippen molar-refractivity contribution < 1.29 is 0 Å². The standard InChI is InChI=1S/C9H13NS2/c11-5-4-9-10-8(6-12-9)7-2-1-3-7/h6-7,11H,1-5H2. The van der Waals surface area contributed by atoms with E-state index in [4.69, 9.17) is 0 Å². The number of thiol groups is 1. The van der Waals surface area contributed by atoms with E-state index < -0.39 is 0 Å². The highest BCUT2D eigenvalue weighted by Crippen LogP contribution is 2.36. The van der Waals surface area contributed by atoms with Crippen molar-refractivity contribution >= 4 is 24.0 Å². The maximum absolute atomic E-state index is 4.59. The molecule has 0 amide bonds. The van der Waals surface area contributed by atoms with Gasteiger partial charge in [-0.1, -0.05) is 6.42 Å². The van der Waals surface area contributed by atoms with Crippen LogP contribution in [0.4, 0.5) is 0 Å². The molecule has 1 saturated carbocycles. The average molecular weight is 199 g/mol. The normalized spacial score (nSPS) is 17.8. The summed E-state index contributed by atoms with van der Waals surface area (Å²) in [5, 5.41) is 3.48. The summed E-state index contributed by atoms with van der Waals surface area (Å²) in [7, 11) is 0. The van der Waals surface area contributed by atoms with E-state index in [-0.39, 0.29) is 0 Å². The number of hydrogen-bond donors (Lipinski definition) is 1. The third kappa shape index (κ3) is 1.67. The van der Waals surface area contributed by atoms with Crippen LogP contribution in [0.5, 0.6) is 0 Å². The van der Waals surface area contributed by atoms with Crippen LogP contribution < -0.4 is 0 Å². The average Bonchev–Trinajstić information content (AvgIpc) is 2.34. The fraction of sp³-hybridized carbons (Fsp3) is 0.667. The van der Waals surface area contributed by atoms with E-state index in [1.807, 2.05) is 0 Å². The zero-order valence-corrected chi connectivity index (χ0v) is 8.70. The first-order chi connectivity index (χ1) is 5.90. The van der Waals surface area contributed by atoms with Gasteiger partial charge in [0.15, 0.2) is 0 Å². The second-order valence-corrected chi connectivity index (χ2v) is 4.66. The van der Waals surface area contributed by atoms with Gasteiger partial charge in [-0.2, -0.15) is 12.6 Å². The second-order valence-electron chi connectivity index (χ2n) is 3.27. The third-order valence-corrected chi connectivity index (χ3v) is 3.57.